The molecule has 1 N–H and O–H groups in total. The van der Waals surface area contributed by atoms with Gasteiger partial charge in [-0.15, -0.1) is 0 Å². The molecule has 2 amide bonds. The second-order valence-corrected chi connectivity index (χ2v) is 9.37. The lowest BCUT2D eigenvalue weighted by Gasteiger charge is -2.30. The molecule has 0 spiro atoms. The molecule has 1 aromatic carbocycles. The monoisotopic (exact) mass is 512 g/mol. The Bertz CT molecular complexity index is 1110. The Labute approximate surface area is 215 Å². The van der Waals surface area contributed by atoms with Crippen molar-refractivity contribution >= 4 is 23.2 Å². The molecule has 36 heavy (non-hydrogen) atoms. The van der Waals surface area contributed by atoms with Crippen LogP contribution in [0.5, 0.6) is 17.2 Å². The largest absolute Gasteiger partial charge is 0.493 e. The van der Waals surface area contributed by atoms with Gasteiger partial charge in [0.25, 0.3) is 0 Å². The zero-order chi connectivity index (χ0) is 25.3. The highest BCUT2D eigenvalue weighted by molar-refractivity contribution is 7.07. The number of hydrogen-bond acceptors (Lipinski definition) is 7. The summed E-state index contributed by atoms with van der Waals surface area (Å²) in [5.74, 6) is 1.22. The van der Waals surface area contributed by atoms with Crippen LogP contribution in [0.2, 0.25) is 0 Å². The van der Waals surface area contributed by atoms with Gasteiger partial charge in [0.1, 0.15) is 12.6 Å². The van der Waals surface area contributed by atoms with E-state index in [2.05, 4.69) is 21.9 Å². The van der Waals surface area contributed by atoms with Gasteiger partial charge in [-0.05, 0) is 65.4 Å². The minimum absolute atomic E-state index is 0.0504. The predicted molar refractivity (Wildman–Crippen MR) is 136 cm³/mol. The van der Waals surface area contributed by atoms with Crippen LogP contribution in [0.1, 0.15) is 30.4 Å². The highest BCUT2D eigenvalue weighted by atomic mass is 32.1. The van der Waals surface area contributed by atoms with E-state index >= 15 is 0 Å². The third-order valence-electron chi connectivity index (χ3n) is 6.15. The highest BCUT2D eigenvalue weighted by Gasteiger charge is 2.31. The quantitative estimate of drug-likeness (QED) is 0.424. The number of benzene rings is 1. The first-order valence-electron chi connectivity index (χ1n) is 12.0. The van der Waals surface area contributed by atoms with Crippen LogP contribution in [0.25, 0.3) is 0 Å². The maximum Gasteiger partial charge on any atom is 0.245 e. The summed E-state index contributed by atoms with van der Waals surface area (Å²) in [4.78, 5) is 27.9. The molecule has 0 saturated carbocycles. The van der Waals surface area contributed by atoms with Crippen molar-refractivity contribution in [1.82, 2.24) is 20.0 Å². The molecule has 0 bridgehead atoms. The predicted octanol–water partition coefficient (Wildman–Crippen LogP) is 3.28. The maximum absolute atomic E-state index is 13.4. The molecule has 1 saturated heterocycles. The summed E-state index contributed by atoms with van der Waals surface area (Å²) < 4.78 is 18.9. The Morgan fingerprint density at radius 3 is 2.69 bits per heavy atom. The summed E-state index contributed by atoms with van der Waals surface area (Å²) in [6.45, 7) is 1.37. The minimum Gasteiger partial charge on any atom is -0.493 e. The van der Waals surface area contributed by atoms with Gasteiger partial charge in [0.2, 0.25) is 17.6 Å². The number of carbonyl (C=O) groups excluding carboxylic acids is 2. The minimum atomic E-state index is -0.561. The summed E-state index contributed by atoms with van der Waals surface area (Å²) >= 11 is 1.65. The summed E-state index contributed by atoms with van der Waals surface area (Å²) in [7, 11) is 3.15. The first-order valence-corrected chi connectivity index (χ1v) is 13.0. The lowest BCUT2D eigenvalue weighted by atomic mass is 10.1. The first kappa shape index (κ1) is 25.6. The maximum atomic E-state index is 13.4. The third-order valence-corrected chi connectivity index (χ3v) is 6.88. The van der Waals surface area contributed by atoms with E-state index in [0.717, 1.165) is 24.8 Å². The number of carbonyl (C=O) groups is 2. The number of amides is 2. The van der Waals surface area contributed by atoms with Crippen molar-refractivity contribution in [3.8, 4) is 17.2 Å². The third kappa shape index (κ3) is 6.37. The van der Waals surface area contributed by atoms with Crippen molar-refractivity contribution in [3.63, 3.8) is 0 Å². The van der Waals surface area contributed by atoms with Crippen molar-refractivity contribution < 1.29 is 23.8 Å². The second kappa shape index (κ2) is 12.4. The molecule has 1 fully saturated rings. The van der Waals surface area contributed by atoms with Crippen LogP contribution in [-0.2, 0) is 29.1 Å². The molecule has 3 aromatic rings. The average Bonchev–Trinajstić information content (AvgIpc) is 3.55. The number of hydrogen-bond donors (Lipinski definition) is 1. The second-order valence-electron chi connectivity index (χ2n) is 8.59. The van der Waals surface area contributed by atoms with E-state index in [0.29, 0.717) is 36.8 Å². The Morgan fingerprint density at radius 2 is 2.03 bits per heavy atom. The van der Waals surface area contributed by atoms with E-state index in [4.69, 9.17) is 14.2 Å². The van der Waals surface area contributed by atoms with Crippen LogP contribution in [-0.4, -0.2) is 59.9 Å². The molecule has 1 atom stereocenters. The topological polar surface area (TPSA) is 94.9 Å². The molecule has 1 aliphatic rings. The van der Waals surface area contributed by atoms with Crippen LogP contribution in [0.4, 0.5) is 0 Å². The molecule has 2 aromatic heterocycles. The fourth-order valence-corrected chi connectivity index (χ4v) is 4.99. The number of nitrogens with zero attached hydrogens (tertiary/aromatic N) is 3. The van der Waals surface area contributed by atoms with Gasteiger partial charge >= 0.3 is 0 Å². The number of methoxy groups -OCH3 is 2. The van der Waals surface area contributed by atoms with E-state index in [1.807, 2.05) is 17.5 Å². The number of thiophene rings is 1. The van der Waals surface area contributed by atoms with Gasteiger partial charge in [-0.3, -0.25) is 14.3 Å². The number of rotatable bonds is 11. The lowest BCUT2D eigenvalue weighted by molar-refractivity contribution is -0.141. The molecule has 4 rings (SSSR count). The molecule has 0 aliphatic carbocycles. The van der Waals surface area contributed by atoms with E-state index in [1.54, 1.807) is 53.6 Å². The number of ether oxygens (including phenoxy) is 3. The van der Waals surface area contributed by atoms with E-state index in [1.165, 1.54) is 5.56 Å². The Morgan fingerprint density at radius 1 is 1.22 bits per heavy atom. The first-order chi connectivity index (χ1) is 17.6. The summed E-state index contributed by atoms with van der Waals surface area (Å²) in [5, 5.41) is 11.2. The van der Waals surface area contributed by atoms with Crippen molar-refractivity contribution in [2.75, 3.05) is 27.4 Å². The normalized spacial score (nSPS) is 15.6. The molecule has 0 radical (unpaired) electrons. The Kier molecular flexibility index (Phi) is 8.83. The molecular formula is C26H32N4O5S. The fraction of sp³-hybridized carbons (Fsp3) is 0.423. The summed E-state index contributed by atoms with van der Waals surface area (Å²) in [5.41, 5.74) is 1.99. The van der Waals surface area contributed by atoms with E-state index in [9.17, 15) is 9.59 Å². The van der Waals surface area contributed by atoms with Crippen LogP contribution >= 0.6 is 11.3 Å². The van der Waals surface area contributed by atoms with E-state index in [-0.39, 0.29) is 24.9 Å². The van der Waals surface area contributed by atoms with Crippen molar-refractivity contribution in [2.24, 2.45) is 0 Å². The molecule has 0 unspecified atom stereocenters. The summed E-state index contributed by atoms with van der Waals surface area (Å²) in [6.07, 6.45) is 6.49. The van der Waals surface area contributed by atoms with Crippen molar-refractivity contribution in [3.05, 3.63) is 58.5 Å². The van der Waals surface area contributed by atoms with Crippen molar-refractivity contribution in [1.29, 1.82) is 0 Å². The smallest absolute Gasteiger partial charge is 0.245 e. The van der Waals surface area contributed by atoms with Crippen LogP contribution < -0.4 is 19.5 Å². The van der Waals surface area contributed by atoms with Gasteiger partial charge in [-0.1, -0.05) is 0 Å². The van der Waals surface area contributed by atoms with E-state index < -0.39 is 6.04 Å². The molecule has 9 nitrogen and oxygen atoms in total. The molecule has 192 valence electrons. The zero-order valence-corrected chi connectivity index (χ0v) is 21.5. The molecule has 1 aliphatic heterocycles. The van der Waals surface area contributed by atoms with Crippen LogP contribution in [0.15, 0.2) is 47.4 Å². The van der Waals surface area contributed by atoms with Gasteiger partial charge in [0, 0.05) is 31.9 Å². The average molecular weight is 513 g/mol. The zero-order valence-electron chi connectivity index (χ0n) is 20.6. The molecule has 3 heterocycles. The standard InChI is InChI=1S/C26H32N4O5S/c1-33-22-14-20(15-23(34-2)25(22)35-12-7-19-8-13-36-18-19)16-30(21-6-3-4-9-27-26(21)32)24(31)17-29-11-5-10-28-29/h5,8,10-11,13-15,18,21H,3-4,6-7,9,12,16-17H2,1-2H3,(H,27,32)/t21-/m0/s1. The molecule has 10 heteroatoms. The van der Waals surface area contributed by atoms with Gasteiger partial charge < -0.3 is 24.4 Å². The van der Waals surface area contributed by atoms with Gasteiger partial charge in [-0.25, -0.2) is 0 Å². The fourth-order valence-electron chi connectivity index (χ4n) is 4.29. The SMILES string of the molecule is COc1cc(CN(C(=O)Cn2cccn2)[C@H]2CCCCNC2=O)cc(OC)c1OCCc1ccsc1. The van der Waals surface area contributed by atoms with Crippen molar-refractivity contribution in [2.45, 2.75) is 44.8 Å². The van der Waals surface area contributed by atoms with Gasteiger partial charge in [0.05, 0.1) is 20.8 Å². The number of aromatic nitrogens is 2. The lowest BCUT2D eigenvalue weighted by Crippen LogP contribution is -2.49. The Hall–Kier alpha value is -3.53. The summed E-state index contributed by atoms with van der Waals surface area (Å²) in [6, 6.07) is 6.96. The Balaban J connectivity index is 1.57. The van der Waals surface area contributed by atoms with Crippen LogP contribution in [0.3, 0.4) is 0 Å². The van der Waals surface area contributed by atoms with Gasteiger partial charge in [0.15, 0.2) is 11.5 Å². The molecular weight excluding hydrogens is 480 g/mol. The highest BCUT2D eigenvalue weighted by Crippen LogP contribution is 2.39. The van der Waals surface area contributed by atoms with Gasteiger partial charge in [-0.2, -0.15) is 16.4 Å². The van der Waals surface area contributed by atoms with Crippen LogP contribution in [0, 0.1) is 0 Å². The number of nitrogens with one attached hydrogen (secondary N) is 1.